The van der Waals surface area contributed by atoms with Gasteiger partial charge < -0.3 is 10.4 Å². The van der Waals surface area contributed by atoms with Crippen molar-refractivity contribution in [2.24, 2.45) is 0 Å². The van der Waals surface area contributed by atoms with Crippen LogP contribution in [0.4, 0.5) is 0 Å². The number of aromatic nitrogens is 2. The topological polar surface area (TPSA) is 67.2 Å². The molecule has 1 fully saturated rings. The summed E-state index contributed by atoms with van der Waals surface area (Å²) in [5, 5.41) is 17.9. The van der Waals surface area contributed by atoms with Gasteiger partial charge in [0.15, 0.2) is 0 Å². The van der Waals surface area contributed by atoms with Gasteiger partial charge in [0.25, 0.3) is 0 Å². The zero-order valence-electron chi connectivity index (χ0n) is 15.2. The summed E-state index contributed by atoms with van der Waals surface area (Å²) < 4.78 is 1.91. The molecule has 1 unspecified atom stereocenters. The van der Waals surface area contributed by atoms with Crippen LogP contribution in [0.15, 0.2) is 30.3 Å². The molecule has 5 heteroatoms. The van der Waals surface area contributed by atoms with E-state index in [4.69, 9.17) is 0 Å². The molecular weight excluding hydrogens is 314 g/mol. The molecule has 1 aromatic carbocycles. The lowest BCUT2D eigenvalue weighted by Gasteiger charge is -2.23. The van der Waals surface area contributed by atoms with Crippen molar-refractivity contribution in [3.8, 4) is 5.69 Å². The Labute approximate surface area is 149 Å². The first-order valence-electron chi connectivity index (χ1n) is 9.02. The van der Waals surface area contributed by atoms with E-state index in [0.717, 1.165) is 48.3 Å². The van der Waals surface area contributed by atoms with Crippen LogP contribution in [-0.4, -0.2) is 26.4 Å². The van der Waals surface area contributed by atoms with Gasteiger partial charge in [-0.25, -0.2) is 4.68 Å². The number of aliphatic hydroxyl groups is 1. The third kappa shape index (κ3) is 4.10. The molecule has 1 aliphatic rings. The summed E-state index contributed by atoms with van der Waals surface area (Å²) in [6.07, 6.45) is 3.67. The van der Waals surface area contributed by atoms with Crippen LogP contribution in [0.2, 0.25) is 0 Å². The second kappa shape index (κ2) is 7.00. The van der Waals surface area contributed by atoms with Crippen LogP contribution in [0.3, 0.4) is 0 Å². The fourth-order valence-electron chi connectivity index (χ4n) is 3.68. The first kappa shape index (κ1) is 17.7. The summed E-state index contributed by atoms with van der Waals surface area (Å²) >= 11 is 0. The summed E-state index contributed by atoms with van der Waals surface area (Å²) in [5.41, 5.74) is 3.33. The molecule has 1 aliphatic carbocycles. The Kier molecular flexibility index (Phi) is 4.95. The molecule has 5 nitrogen and oxygen atoms in total. The number of hydrogen-bond acceptors (Lipinski definition) is 3. The monoisotopic (exact) mass is 341 g/mol. The first-order chi connectivity index (χ1) is 11.9. The van der Waals surface area contributed by atoms with Gasteiger partial charge in [-0.3, -0.25) is 4.79 Å². The highest BCUT2D eigenvalue weighted by Gasteiger charge is 2.33. The van der Waals surface area contributed by atoms with Crippen LogP contribution in [-0.2, 0) is 4.79 Å². The van der Waals surface area contributed by atoms with Crippen molar-refractivity contribution < 1.29 is 9.90 Å². The quantitative estimate of drug-likeness (QED) is 0.876. The van der Waals surface area contributed by atoms with E-state index in [-0.39, 0.29) is 18.4 Å². The second-order valence-corrected chi connectivity index (χ2v) is 7.33. The minimum absolute atomic E-state index is 0.0838. The maximum atomic E-state index is 12.2. The van der Waals surface area contributed by atoms with Crippen LogP contribution in [0.25, 0.3) is 5.69 Å². The third-order valence-corrected chi connectivity index (χ3v) is 5.05. The zero-order valence-corrected chi connectivity index (χ0v) is 15.2. The standard InChI is InChI=1S/C20H27N3O2/c1-14-12-15(2)23(22-14)18-8-6-17(7-9-18)16(3)21-19(24)13-20(25)10-4-5-11-20/h6-9,12,16,25H,4-5,10-11,13H2,1-3H3,(H,21,24). The smallest absolute Gasteiger partial charge is 0.223 e. The van der Waals surface area contributed by atoms with E-state index in [1.54, 1.807) is 0 Å². The molecule has 1 saturated carbocycles. The number of nitrogens with zero attached hydrogens (tertiary/aromatic N) is 2. The lowest BCUT2D eigenvalue weighted by Crippen LogP contribution is -2.35. The van der Waals surface area contributed by atoms with Gasteiger partial charge in [-0.05, 0) is 57.4 Å². The number of benzene rings is 1. The Balaban J connectivity index is 1.63. The Morgan fingerprint density at radius 1 is 1.28 bits per heavy atom. The van der Waals surface area contributed by atoms with Gasteiger partial charge in [0.05, 0.1) is 29.4 Å². The van der Waals surface area contributed by atoms with E-state index in [2.05, 4.69) is 10.4 Å². The normalized spacial score (nSPS) is 17.4. The molecule has 2 N–H and O–H groups in total. The van der Waals surface area contributed by atoms with Crippen molar-refractivity contribution in [2.45, 2.75) is 64.5 Å². The molecule has 1 amide bonds. The van der Waals surface area contributed by atoms with Crippen molar-refractivity contribution in [2.75, 3.05) is 0 Å². The van der Waals surface area contributed by atoms with Gasteiger partial charge >= 0.3 is 0 Å². The van der Waals surface area contributed by atoms with E-state index in [9.17, 15) is 9.90 Å². The highest BCUT2D eigenvalue weighted by atomic mass is 16.3. The van der Waals surface area contributed by atoms with Crippen molar-refractivity contribution in [3.63, 3.8) is 0 Å². The first-order valence-corrected chi connectivity index (χ1v) is 9.02. The molecular formula is C20H27N3O2. The van der Waals surface area contributed by atoms with Gasteiger partial charge in [0.1, 0.15) is 0 Å². The van der Waals surface area contributed by atoms with Crippen molar-refractivity contribution >= 4 is 5.91 Å². The van der Waals surface area contributed by atoms with Crippen molar-refractivity contribution in [3.05, 3.63) is 47.3 Å². The number of carbonyl (C=O) groups excluding carboxylic acids is 1. The summed E-state index contributed by atoms with van der Waals surface area (Å²) in [6, 6.07) is 10.0. The van der Waals surface area contributed by atoms with Gasteiger partial charge in [-0.2, -0.15) is 5.10 Å². The summed E-state index contributed by atoms with van der Waals surface area (Å²) in [4.78, 5) is 12.2. The Hall–Kier alpha value is -2.14. The number of aryl methyl sites for hydroxylation is 2. The molecule has 0 bridgehead atoms. The summed E-state index contributed by atoms with van der Waals surface area (Å²) in [5.74, 6) is -0.0838. The lowest BCUT2D eigenvalue weighted by molar-refractivity contribution is -0.126. The van der Waals surface area contributed by atoms with E-state index in [0.29, 0.717) is 0 Å². The fourth-order valence-corrected chi connectivity index (χ4v) is 3.68. The van der Waals surface area contributed by atoms with E-state index in [1.807, 2.05) is 55.8 Å². The van der Waals surface area contributed by atoms with Gasteiger partial charge in [0, 0.05) is 5.69 Å². The van der Waals surface area contributed by atoms with Crippen LogP contribution in [0.1, 0.15) is 62.0 Å². The Morgan fingerprint density at radius 2 is 1.92 bits per heavy atom. The molecule has 1 atom stereocenters. The molecule has 0 aliphatic heterocycles. The Morgan fingerprint density at radius 3 is 2.48 bits per heavy atom. The molecule has 0 radical (unpaired) electrons. The summed E-state index contributed by atoms with van der Waals surface area (Å²) in [6.45, 7) is 5.98. The average molecular weight is 341 g/mol. The number of amides is 1. The number of hydrogen-bond donors (Lipinski definition) is 2. The van der Waals surface area contributed by atoms with Crippen LogP contribution in [0.5, 0.6) is 0 Å². The minimum atomic E-state index is -0.802. The maximum Gasteiger partial charge on any atom is 0.223 e. The molecule has 1 aromatic heterocycles. The van der Waals surface area contributed by atoms with Gasteiger partial charge in [-0.15, -0.1) is 0 Å². The maximum absolute atomic E-state index is 12.2. The molecule has 0 saturated heterocycles. The van der Waals surface area contributed by atoms with Crippen LogP contribution >= 0.6 is 0 Å². The van der Waals surface area contributed by atoms with E-state index in [1.165, 1.54) is 0 Å². The highest BCUT2D eigenvalue weighted by molar-refractivity contribution is 5.77. The molecule has 134 valence electrons. The minimum Gasteiger partial charge on any atom is -0.389 e. The lowest BCUT2D eigenvalue weighted by atomic mass is 9.97. The highest BCUT2D eigenvalue weighted by Crippen LogP contribution is 2.32. The number of rotatable bonds is 5. The molecule has 2 aromatic rings. The molecule has 3 rings (SSSR count). The second-order valence-electron chi connectivity index (χ2n) is 7.33. The van der Waals surface area contributed by atoms with Gasteiger partial charge in [-0.1, -0.05) is 25.0 Å². The van der Waals surface area contributed by atoms with Crippen LogP contribution < -0.4 is 5.32 Å². The predicted octanol–water partition coefficient (Wildman–Crippen LogP) is 3.36. The SMILES string of the molecule is Cc1cc(C)n(-c2ccc(C(C)NC(=O)CC3(O)CCCC3)cc2)n1. The van der Waals surface area contributed by atoms with E-state index >= 15 is 0 Å². The summed E-state index contributed by atoms with van der Waals surface area (Å²) in [7, 11) is 0. The molecule has 25 heavy (non-hydrogen) atoms. The van der Waals surface area contributed by atoms with Gasteiger partial charge in [0.2, 0.25) is 5.91 Å². The third-order valence-electron chi connectivity index (χ3n) is 5.05. The van der Waals surface area contributed by atoms with Crippen molar-refractivity contribution in [1.82, 2.24) is 15.1 Å². The largest absolute Gasteiger partial charge is 0.389 e. The molecule has 1 heterocycles. The Bertz CT molecular complexity index is 743. The number of carbonyl (C=O) groups is 1. The van der Waals surface area contributed by atoms with E-state index < -0.39 is 5.60 Å². The van der Waals surface area contributed by atoms with Crippen molar-refractivity contribution in [1.29, 1.82) is 0 Å². The molecule has 0 spiro atoms. The number of nitrogens with one attached hydrogen (secondary N) is 1. The zero-order chi connectivity index (χ0) is 18.0. The predicted molar refractivity (Wildman–Crippen MR) is 97.6 cm³/mol. The fraction of sp³-hybridized carbons (Fsp3) is 0.500. The average Bonchev–Trinajstić information content (AvgIpc) is 3.12. The van der Waals surface area contributed by atoms with Crippen LogP contribution in [0, 0.1) is 13.8 Å².